The van der Waals surface area contributed by atoms with E-state index in [0.29, 0.717) is 5.56 Å². The van der Waals surface area contributed by atoms with Gasteiger partial charge in [-0.15, -0.1) is 0 Å². The van der Waals surface area contributed by atoms with Gasteiger partial charge >= 0.3 is 0 Å². The van der Waals surface area contributed by atoms with Crippen molar-refractivity contribution in [3.05, 3.63) is 65.7 Å². The summed E-state index contributed by atoms with van der Waals surface area (Å²) in [5.74, 6) is 0.126. The Morgan fingerprint density at radius 3 is 2.09 bits per heavy atom. The highest BCUT2D eigenvalue weighted by molar-refractivity contribution is 5.80. The highest BCUT2D eigenvalue weighted by Crippen LogP contribution is 2.32. The Kier molecular flexibility index (Phi) is 5.17. The molecule has 0 spiro atoms. The second kappa shape index (κ2) is 7.09. The summed E-state index contributed by atoms with van der Waals surface area (Å²) in [5.41, 5.74) is 6.50. The van der Waals surface area contributed by atoms with Crippen molar-refractivity contribution >= 4 is 5.91 Å². The van der Waals surface area contributed by atoms with E-state index >= 15 is 0 Å². The number of para-hydroxylation sites is 1. The number of carbonyl (C=O) groups excluding carboxylic acids is 1. The molecule has 0 saturated carbocycles. The summed E-state index contributed by atoms with van der Waals surface area (Å²) < 4.78 is 6.07. The van der Waals surface area contributed by atoms with Crippen LogP contribution in [-0.4, -0.2) is 11.0 Å². The van der Waals surface area contributed by atoms with E-state index in [4.69, 9.17) is 10.5 Å². The predicted molar refractivity (Wildman–Crippen MR) is 85.2 cm³/mol. The lowest BCUT2D eigenvalue weighted by molar-refractivity contribution is -0.126. The summed E-state index contributed by atoms with van der Waals surface area (Å²) in [6.07, 6.45) is -1.62. The molecule has 2 atom stereocenters. The number of primary amides is 1. The Bertz CT molecular complexity index is 625. The second-order valence-corrected chi connectivity index (χ2v) is 5.53. The van der Waals surface area contributed by atoms with Crippen LogP contribution in [0.15, 0.2) is 54.6 Å². The average Bonchev–Trinajstić information content (AvgIpc) is 2.52. The number of ether oxygens (including phenoxy) is 1. The summed E-state index contributed by atoms with van der Waals surface area (Å²) in [6, 6.07) is 16.7. The lowest BCUT2D eigenvalue weighted by Gasteiger charge is -2.26. The van der Waals surface area contributed by atoms with Gasteiger partial charge in [0.05, 0.1) is 0 Å². The fraction of sp³-hybridized carbons (Fsp3) is 0.278. The molecule has 0 radical (unpaired) electrons. The SMILES string of the molecule is CC(C)C(Oc1ccccc1)c1ccccc1C(O)C(N)=O. The van der Waals surface area contributed by atoms with Crippen LogP contribution in [-0.2, 0) is 4.79 Å². The van der Waals surface area contributed by atoms with Gasteiger partial charge in [0.25, 0.3) is 5.91 Å². The molecular weight excluding hydrogens is 278 g/mol. The highest BCUT2D eigenvalue weighted by atomic mass is 16.5. The van der Waals surface area contributed by atoms with Crippen LogP contribution >= 0.6 is 0 Å². The average molecular weight is 299 g/mol. The Labute approximate surface area is 130 Å². The zero-order valence-corrected chi connectivity index (χ0v) is 12.8. The van der Waals surface area contributed by atoms with Crippen LogP contribution in [0.25, 0.3) is 0 Å². The zero-order chi connectivity index (χ0) is 16.1. The molecule has 3 N–H and O–H groups in total. The maximum Gasteiger partial charge on any atom is 0.250 e. The van der Waals surface area contributed by atoms with E-state index in [2.05, 4.69) is 0 Å². The van der Waals surface area contributed by atoms with E-state index in [1.807, 2.05) is 56.3 Å². The fourth-order valence-corrected chi connectivity index (χ4v) is 2.38. The lowest BCUT2D eigenvalue weighted by Crippen LogP contribution is -2.24. The smallest absolute Gasteiger partial charge is 0.250 e. The quantitative estimate of drug-likeness (QED) is 0.861. The normalized spacial score (nSPS) is 13.6. The Morgan fingerprint density at radius 1 is 1.00 bits per heavy atom. The van der Waals surface area contributed by atoms with Crippen LogP contribution in [0.4, 0.5) is 0 Å². The fourth-order valence-electron chi connectivity index (χ4n) is 2.38. The minimum Gasteiger partial charge on any atom is -0.485 e. The van der Waals surface area contributed by atoms with Crippen LogP contribution in [0.2, 0.25) is 0 Å². The van der Waals surface area contributed by atoms with Crippen molar-refractivity contribution in [1.82, 2.24) is 0 Å². The summed E-state index contributed by atoms with van der Waals surface area (Å²) in [4.78, 5) is 11.3. The third-order valence-electron chi connectivity index (χ3n) is 3.48. The second-order valence-electron chi connectivity index (χ2n) is 5.53. The third-order valence-corrected chi connectivity index (χ3v) is 3.48. The first kappa shape index (κ1) is 16.0. The molecular formula is C18H21NO3. The first-order chi connectivity index (χ1) is 10.5. The molecule has 0 saturated heterocycles. The van der Waals surface area contributed by atoms with E-state index < -0.39 is 12.0 Å². The summed E-state index contributed by atoms with van der Waals surface area (Å²) in [6.45, 7) is 4.06. The van der Waals surface area contributed by atoms with Gasteiger partial charge in [-0.2, -0.15) is 0 Å². The lowest BCUT2D eigenvalue weighted by atomic mass is 9.92. The largest absolute Gasteiger partial charge is 0.485 e. The van der Waals surface area contributed by atoms with Gasteiger partial charge in [-0.25, -0.2) is 0 Å². The molecule has 116 valence electrons. The van der Waals surface area contributed by atoms with Crippen molar-refractivity contribution in [3.63, 3.8) is 0 Å². The van der Waals surface area contributed by atoms with Crippen LogP contribution in [0, 0.1) is 5.92 Å². The van der Waals surface area contributed by atoms with Crippen LogP contribution in [0.1, 0.15) is 37.2 Å². The summed E-state index contributed by atoms with van der Waals surface area (Å²) >= 11 is 0. The maximum atomic E-state index is 11.3. The van der Waals surface area contributed by atoms with Crippen molar-refractivity contribution in [3.8, 4) is 5.75 Å². The molecule has 2 unspecified atom stereocenters. The van der Waals surface area contributed by atoms with Gasteiger partial charge in [0.1, 0.15) is 11.9 Å². The van der Waals surface area contributed by atoms with Crippen molar-refractivity contribution in [1.29, 1.82) is 0 Å². The third kappa shape index (κ3) is 3.65. The van der Waals surface area contributed by atoms with E-state index in [9.17, 15) is 9.90 Å². The number of amides is 1. The summed E-state index contributed by atoms with van der Waals surface area (Å²) in [7, 11) is 0. The standard InChI is InChI=1S/C18H21NO3/c1-12(2)17(22-13-8-4-3-5-9-13)15-11-7-6-10-14(15)16(20)18(19)21/h3-12,16-17,20H,1-2H3,(H2,19,21). The first-order valence-corrected chi connectivity index (χ1v) is 7.28. The van der Waals surface area contributed by atoms with Gasteiger partial charge < -0.3 is 15.6 Å². The molecule has 1 amide bonds. The van der Waals surface area contributed by atoms with E-state index in [1.165, 1.54) is 0 Å². The molecule has 0 aliphatic rings. The number of nitrogens with two attached hydrogens (primary N) is 1. The number of aliphatic hydroxyl groups excluding tert-OH is 1. The van der Waals surface area contributed by atoms with Crippen molar-refractivity contribution in [2.24, 2.45) is 11.7 Å². The Hall–Kier alpha value is -2.33. The van der Waals surface area contributed by atoms with Gasteiger partial charge in [-0.1, -0.05) is 56.3 Å². The van der Waals surface area contributed by atoms with Crippen LogP contribution in [0.5, 0.6) is 5.75 Å². The number of hydrogen-bond acceptors (Lipinski definition) is 3. The molecule has 0 aromatic heterocycles. The van der Waals surface area contributed by atoms with E-state index in [-0.39, 0.29) is 12.0 Å². The van der Waals surface area contributed by atoms with Gasteiger partial charge in [-0.05, 0) is 29.2 Å². The van der Waals surface area contributed by atoms with Gasteiger partial charge in [0.2, 0.25) is 0 Å². The number of benzene rings is 2. The van der Waals surface area contributed by atoms with E-state index in [1.54, 1.807) is 12.1 Å². The molecule has 4 nitrogen and oxygen atoms in total. The molecule has 22 heavy (non-hydrogen) atoms. The van der Waals surface area contributed by atoms with E-state index in [0.717, 1.165) is 11.3 Å². The van der Waals surface area contributed by atoms with Crippen LogP contribution in [0.3, 0.4) is 0 Å². The minimum atomic E-state index is -1.34. The van der Waals surface area contributed by atoms with Gasteiger partial charge in [-0.3, -0.25) is 4.79 Å². The molecule has 2 aromatic carbocycles. The van der Waals surface area contributed by atoms with Gasteiger partial charge in [0.15, 0.2) is 6.10 Å². The van der Waals surface area contributed by atoms with Crippen LogP contribution < -0.4 is 10.5 Å². The zero-order valence-electron chi connectivity index (χ0n) is 12.8. The highest BCUT2D eigenvalue weighted by Gasteiger charge is 2.25. The Morgan fingerprint density at radius 2 is 1.55 bits per heavy atom. The summed E-state index contributed by atoms with van der Waals surface area (Å²) in [5, 5.41) is 10.0. The van der Waals surface area contributed by atoms with Crippen molar-refractivity contribution < 1.29 is 14.6 Å². The molecule has 0 bridgehead atoms. The molecule has 0 fully saturated rings. The molecule has 0 heterocycles. The number of carbonyl (C=O) groups is 1. The van der Waals surface area contributed by atoms with Crippen molar-refractivity contribution in [2.45, 2.75) is 26.1 Å². The topological polar surface area (TPSA) is 72.6 Å². The monoisotopic (exact) mass is 299 g/mol. The number of aliphatic hydroxyl groups is 1. The molecule has 2 aromatic rings. The maximum absolute atomic E-state index is 11.3. The van der Waals surface area contributed by atoms with Gasteiger partial charge in [0, 0.05) is 0 Å². The van der Waals surface area contributed by atoms with Crippen molar-refractivity contribution in [2.75, 3.05) is 0 Å². The number of rotatable bonds is 6. The molecule has 0 aliphatic carbocycles. The first-order valence-electron chi connectivity index (χ1n) is 7.28. The Balaban J connectivity index is 2.39. The molecule has 2 rings (SSSR count). The number of hydrogen-bond donors (Lipinski definition) is 2. The minimum absolute atomic E-state index is 0.154. The molecule has 4 heteroatoms. The molecule has 0 aliphatic heterocycles. The predicted octanol–water partition coefficient (Wildman–Crippen LogP) is 2.98.